The van der Waals surface area contributed by atoms with Crippen LogP contribution in [0.15, 0.2) is 18.5 Å². The molecular weight excluding hydrogens is 302 g/mol. The third-order valence-electron chi connectivity index (χ3n) is 5.62. The normalized spacial score (nSPS) is 26.7. The van der Waals surface area contributed by atoms with Crippen molar-refractivity contribution in [1.82, 2.24) is 24.6 Å². The Bertz CT molecular complexity index is 678. The molecule has 2 N–H and O–H groups in total. The number of fused-ring (bicyclic) bond motifs is 1. The van der Waals surface area contributed by atoms with Crippen molar-refractivity contribution in [3.05, 3.63) is 35.7 Å². The van der Waals surface area contributed by atoms with Gasteiger partial charge in [0.1, 0.15) is 5.82 Å². The van der Waals surface area contributed by atoms with Gasteiger partial charge in [-0.1, -0.05) is 0 Å². The van der Waals surface area contributed by atoms with Crippen LogP contribution in [-0.4, -0.2) is 36.6 Å². The van der Waals surface area contributed by atoms with E-state index in [-0.39, 0.29) is 12.1 Å². The zero-order valence-corrected chi connectivity index (χ0v) is 14.4. The van der Waals surface area contributed by atoms with Crippen LogP contribution < -0.4 is 5.32 Å². The topological polar surface area (TPSA) is 67.9 Å². The summed E-state index contributed by atoms with van der Waals surface area (Å²) >= 11 is 0. The fourth-order valence-electron chi connectivity index (χ4n) is 4.28. The Morgan fingerprint density at radius 3 is 2.96 bits per heavy atom. The highest BCUT2D eigenvalue weighted by molar-refractivity contribution is 5.20. The molecule has 0 aliphatic heterocycles. The number of aryl methyl sites for hydroxylation is 1. The van der Waals surface area contributed by atoms with E-state index in [1.165, 1.54) is 24.2 Å². The average molecular weight is 329 g/mol. The molecule has 4 rings (SSSR count). The second-order valence-electron chi connectivity index (χ2n) is 7.31. The van der Waals surface area contributed by atoms with E-state index in [1.54, 1.807) is 0 Å². The van der Waals surface area contributed by atoms with Crippen LogP contribution in [0.4, 0.5) is 0 Å². The van der Waals surface area contributed by atoms with Crippen molar-refractivity contribution in [3.63, 3.8) is 0 Å². The summed E-state index contributed by atoms with van der Waals surface area (Å²) in [6.07, 6.45) is 10.1. The Labute approximate surface area is 142 Å². The van der Waals surface area contributed by atoms with Gasteiger partial charge in [-0.15, -0.1) is 0 Å². The number of hydrogen-bond acceptors (Lipinski definition) is 4. The molecule has 1 unspecified atom stereocenters. The third kappa shape index (κ3) is 3.13. The molecule has 0 radical (unpaired) electrons. The maximum absolute atomic E-state index is 10.4. The molecular formula is C18H27N5O. The summed E-state index contributed by atoms with van der Waals surface area (Å²) < 4.78 is 4.22. The molecule has 24 heavy (non-hydrogen) atoms. The van der Waals surface area contributed by atoms with Crippen LogP contribution in [0.1, 0.15) is 42.9 Å². The number of aliphatic hydroxyl groups excluding tert-OH is 1. The first-order valence-electron chi connectivity index (χ1n) is 9.13. The van der Waals surface area contributed by atoms with Gasteiger partial charge in [0.15, 0.2) is 0 Å². The molecule has 2 aliphatic rings. The monoisotopic (exact) mass is 329 g/mol. The standard InChI is InChI=1S/C18H27N5O/c1-22-16-6-3-2-5-14(16)21-18(22)11-19-15-9-13(10-17(15)24)12-23-8-4-7-20-23/h4,7-8,13,15,17,19,24H,2-3,5-6,9-12H2,1H3/t13?,15-,17-/m1/s1. The summed E-state index contributed by atoms with van der Waals surface area (Å²) in [4.78, 5) is 4.82. The molecule has 0 saturated heterocycles. The lowest BCUT2D eigenvalue weighted by atomic mass is 10.0. The molecule has 2 aromatic heterocycles. The van der Waals surface area contributed by atoms with Crippen LogP contribution in [0.3, 0.4) is 0 Å². The molecule has 2 aliphatic carbocycles. The first kappa shape index (κ1) is 15.8. The minimum absolute atomic E-state index is 0.152. The van der Waals surface area contributed by atoms with E-state index in [1.807, 2.05) is 23.1 Å². The number of nitrogens with zero attached hydrogens (tertiary/aromatic N) is 4. The zero-order valence-electron chi connectivity index (χ0n) is 14.4. The van der Waals surface area contributed by atoms with Crippen LogP contribution in [-0.2, 0) is 33.0 Å². The quantitative estimate of drug-likeness (QED) is 0.871. The van der Waals surface area contributed by atoms with Gasteiger partial charge in [0.25, 0.3) is 0 Å². The van der Waals surface area contributed by atoms with Gasteiger partial charge < -0.3 is 15.0 Å². The Balaban J connectivity index is 1.35. The van der Waals surface area contributed by atoms with Gasteiger partial charge in [-0.25, -0.2) is 4.98 Å². The van der Waals surface area contributed by atoms with E-state index in [9.17, 15) is 5.11 Å². The van der Waals surface area contributed by atoms with Gasteiger partial charge in [-0.3, -0.25) is 4.68 Å². The fraction of sp³-hybridized carbons (Fsp3) is 0.667. The summed E-state index contributed by atoms with van der Waals surface area (Å²) in [7, 11) is 2.12. The van der Waals surface area contributed by atoms with Crippen LogP contribution in [0, 0.1) is 5.92 Å². The van der Waals surface area contributed by atoms with E-state index in [4.69, 9.17) is 4.98 Å². The van der Waals surface area contributed by atoms with Crippen molar-refractivity contribution >= 4 is 0 Å². The number of rotatable bonds is 5. The number of hydrogen-bond donors (Lipinski definition) is 2. The smallest absolute Gasteiger partial charge is 0.122 e. The summed E-state index contributed by atoms with van der Waals surface area (Å²) in [5.74, 6) is 1.58. The number of nitrogens with one attached hydrogen (secondary N) is 1. The Morgan fingerprint density at radius 2 is 2.17 bits per heavy atom. The van der Waals surface area contributed by atoms with Crippen molar-refractivity contribution < 1.29 is 5.11 Å². The summed E-state index contributed by atoms with van der Waals surface area (Å²) in [6.45, 7) is 1.62. The van der Waals surface area contributed by atoms with Gasteiger partial charge in [0.05, 0.1) is 18.3 Å². The second-order valence-corrected chi connectivity index (χ2v) is 7.31. The number of aliphatic hydroxyl groups is 1. The van der Waals surface area contributed by atoms with Crippen molar-refractivity contribution in [2.45, 2.75) is 63.8 Å². The predicted molar refractivity (Wildman–Crippen MR) is 91.4 cm³/mol. The van der Waals surface area contributed by atoms with Gasteiger partial charge in [-0.2, -0.15) is 5.10 Å². The highest BCUT2D eigenvalue weighted by atomic mass is 16.3. The van der Waals surface area contributed by atoms with Crippen molar-refractivity contribution in [3.8, 4) is 0 Å². The molecule has 2 heterocycles. The van der Waals surface area contributed by atoms with Crippen LogP contribution in [0.2, 0.25) is 0 Å². The predicted octanol–water partition coefficient (Wildman–Crippen LogP) is 1.42. The van der Waals surface area contributed by atoms with Gasteiger partial charge in [0, 0.05) is 37.7 Å². The molecule has 1 saturated carbocycles. The van der Waals surface area contributed by atoms with Crippen molar-refractivity contribution in [1.29, 1.82) is 0 Å². The Hall–Kier alpha value is -1.66. The third-order valence-corrected chi connectivity index (χ3v) is 5.62. The molecule has 6 heteroatoms. The van der Waals surface area contributed by atoms with Gasteiger partial charge in [0.2, 0.25) is 0 Å². The molecule has 130 valence electrons. The molecule has 2 aromatic rings. The number of aromatic nitrogens is 4. The second kappa shape index (κ2) is 6.69. The Morgan fingerprint density at radius 1 is 1.29 bits per heavy atom. The first-order chi connectivity index (χ1) is 11.7. The summed E-state index contributed by atoms with van der Waals surface area (Å²) in [5, 5.41) is 18.2. The largest absolute Gasteiger partial charge is 0.391 e. The van der Waals surface area contributed by atoms with E-state index in [0.29, 0.717) is 5.92 Å². The Kier molecular flexibility index (Phi) is 4.41. The molecule has 0 spiro atoms. The highest BCUT2D eigenvalue weighted by Crippen LogP contribution is 2.28. The van der Waals surface area contributed by atoms with Crippen LogP contribution >= 0.6 is 0 Å². The minimum atomic E-state index is -0.277. The lowest BCUT2D eigenvalue weighted by Gasteiger charge is -2.16. The lowest BCUT2D eigenvalue weighted by molar-refractivity contribution is 0.145. The van der Waals surface area contributed by atoms with E-state index < -0.39 is 0 Å². The van der Waals surface area contributed by atoms with Crippen molar-refractivity contribution in [2.24, 2.45) is 13.0 Å². The van der Waals surface area contributed by atoms with Crippen LogP contribution in [0.5, 0.6) is 0 Å². The average Bonchev–Trinajstić information content (AvgIpc) is 3.28. The van der Waals surface area contributed by atoms with Crippen molar-refractivity contribution in [2.75, 3.05) is 0 Å². The molecule has 6 nitrogen and oxygen atoms in total. The molecule has 0 aromatic carbocycles. The van der Waals surface area contributed by atoms with Gasteiger partial charge in [-0.05, 0) is 50.5 Å². The number of imidazole rings is 1. The molecule has 3 atom stereocenters. The molecule has 1 fully saturated rings. The van der Waals surface area contributed by atoms with E-state index in [0.717, 1.165) is 44.6 Å². The molecule has 0 bridgehead atoms. The van der Waals surface area contributed by atoms with Gasteiger partial charge >= 0.3 is 0 Å². The van der Waals surface area contributed by atoms with E-state index >= 15 is 0 Å². The SMILES string of the molecule is Cn1c(CN[C@@H]2CC(Cn3cccn3)C[C@H]2O)nc2c1CCCC2. The summed E-state index contributed by atoms with van der Waals surface area (Å²) in [5.41, 5.74) is 2.69. The van der Waals surface area contributed by atoms with E-state index in [2.05, 4.69) is 22.0 Å². The fourth-order valence-corrected chi connectivity index (χ4v) is 4.28. The highest BCUT2D eigenvalue weighted by Gasteiger charge is 2.33. The summed E-state index contributed by atoms with van der Waals surface area (Å²) in [6, 6.07) is 2.10. The maximum atomic E-state index is 10.4. The van der Waals surface area contributed by atoms with Crippen LogP contribution in [0.25, 0.3) is 0 Å². The lowest BCUT2D eigenvalue weighted by Crippen LogP contribution is -2.35. The maximum Gasteiger partial charge on any atom is 0.122 e. The minimum Gasteiger partial charge on any atom is -0.391 e. The molecule has 0 amide bonds. The first-order valence-corrected chi connectivity index (χ1v) is 9.13. The zero-order chi connectivity index (χ0) is 16.5.